The van der Waals surface area contributed by atoms with Gasteiger partial charge < -0.3 is 19.5 Å². The predicted octanol–water partition coefficient (Wildman–Crippen LogP) is 0.481. The highest BCUT2D eigenvalue weighted by Gasteiger charge is 2.35. The number of carbonyl (C=O) groups excluding carboxylic acids is 3. The molecular formula is C14H12N2O6. The number of imide groups is 1. The summed E-state index contributed by atoms with van der Waals surface area (Å²) in [4.78, 5) is 35.8. The number of esters is 1. The van der Waals surface area contributed by atoms with Crippen LogP contribution < -0.4 is 14.8 Å². The van der Waals surface area contributed by atoms with E-state index in [1.165, 1.54) is 13.2 Å². The largest absolute Gasteiger partial charge is 0.468 e. The summed E-state index contributed by atoms with van der Waals surface area (Å²) < 4.78 is 14.9. The second-order valence-corrected chi connectivity index (χ2v) is 4.57. The van der Waals surface area contributed by atoms with E-state index in [1.54, 1.807) is 18.2 Å². The number of fused-ring (bicyclic) bond motifs is 1. The number of benzene rings is 1. The van der Waals surface area contributed by atoms with E-state index in [2.05, 4.69) is 10.1 Å². The fourth-order valence-corrected chi connectivity index (χ4v) is 2.08. The number of rotatable bonds is 3. The zero-order chi connectivity index (χ0) is 15.7. The third kappa shape index (κ3) is 2.46. The fourth-order valence-electron chi connectivity index (χ4n) is 2.08. The molecule has 0 unspecified atom stereocenters. The Morgan fingerprint density at radius 1 is 1.36 bits per heavy atom. The number of hydrogen-bond acceptors (Lipinski definition) is 6. The van der Waals surface area contributed by atoms with Crippen molar-refractivity contribution in [2.75, 3.05) is 20.4 Å². The quantitative estimate of drug-likeness (QED) is 0.496. The molecule has 3 amide bonds. The Bertz CT molecular complexity index is 697. The minimum Gasteiger partial charge on any atom is -0.468 e. The van der Waals surface area contributed by atoms with Gasteiger partial charge in [-0.15, -0.1) is 0 Å². The summed E-state index contributed by atoms with van der Waals surface area (Å²) in [6.45, 7) is -0.280. The first-order valence-corrected chi connectivity index (χ1v) is 6.39. The molecule has 2 aliphatic rings. The lowest BCUT2D eigenvalue weighted by Gasteiger charge is -2.08. The second-order valence-electron chi connectivity index (χ2n) is 4.57. The molecule has 0 aromatic heterocycles. The van der Waals surface area contributed by atoms with Crippen molar-refractivity contribution in [3.63, 3.8) is 0 Å². The van der Waals surface area contributed by atoms with Crippen LogP contribution in [-0.2, 0) is 14.3 Å². The molecule has 1 aromatic carbocycles. The Hall–Kier alpha value is -3.03. The zero-order valence-corrected chi connectivity index (χ0v) is 11.6. The highest BCUT2D eigenvalue weighted by Crippen LogP contribution is 2.33. The number of amides is 3. The van der Waals surface area contributed by atoms with E-state index in [4.69, 9.17) is 9.47 Å². The van der Waals surface area contributed by atoms with Crippen molar-refractivity contribution >= 4 is 24.0 Å². The summed E-state index contributed by atoms with van der Waals surface area (Å²) in [6, 6.07) is 4.46. The molecule has 2 aliphatic heterocycles. The van der Waals surface area contributed by atoms with Gasteiger partial charge in [0.1, 0.15) is 12.2 Å². The summed E-state index contributed by atoms with van der Waals surface area (Å²) >= 11 is 0. The molecule has 0 aliphatic carbocycles. The molecule has 0 saturated carbocycles. The standard InChI is InChI=1S/C14H12N2O6/c1-20-12(17)6-16-13(18)9(15-14(16)19)4-8-2-3-10-11(5-8)22-7-21-10/h2-5H,6-7H2,1H3,(H,15,19)/b9-4+. The summed E-state index contributed by atoms with van der Waals surface area (Å²) in [6.07, 6.45) is 1.50. The monoisotopic (exact) mass is 304 g/mol. The molecule has 1 fully saturated rings. The highest BCUT2D eigenvalue weighted by atomic mass is 16.7. The van der Waals surface area contributed by atoms with Crippen molar-refractivity contribution in [2.45, 2.75) is 0 Å². The van der Waals surface area contributed by atoms with Gasteiger partial charge in [0, 0.05) is 0 Å². The Morgan fingerprint density at radius 2 is 2.14 bits per heavy atom. The number of ether oxygens (including phenoxy) is 3. The predicted molar refractivity (Wildman–Crippen MR) is 72.8 cm³/mol. The van der Waals surface area contributed by atoms with E-state index in [1.807, 2.05) is 0 Å². The molecule has 3 rings (SSSR count). The number of methoxy groups -OCH3 is 1. The molecule has 2 heterocycles. The smallest absolute Gasteiger partial charge is 0.329 e. The number of hydrogen-bond donors (Lipinski definition) is 1. The van der Waals surface area contributed by atoms with Gasteiger partial charge in [-0.3, -0.25) is 9.59 Å². The van der Waals surface area contributed by atoms with Crippen LogP contribution in [0, 0.1) is 0 Å². The van der Waals surface area contributed by atoms with Gasteiger partial charge in [0.25, 0.3) is 5.91 Å². The summed E-state index contributed by atoms with van der Waals surface area (Å²) in [7, 11) is 1.18. The minimum absolute atomic E-state index is 0.0766. The van der Waals surface area contributed by atoms with Crippen molar-refractivity contribution < 1.29 is 28.6 Å². The first-order valence-electron chi connectivity index (χ1n) is 6.39. The van der Waals surface area contributed by atoms with Crippen molar-refractivity contribution in [2.24, 2.45) is 0 Å². The van der Waals surface area contributed by atoms with Crippen LogP contribution in [0.15, 0.2) is 23.9 Å². The normalized spacial score (nSPS) is 17.9. The van der Waals surface area contributed by atoms with E-state index in [0.29, 0.717) is 17.1 Å². The number of nitrogens with zero attached hydrogens (tertiary/aromatic N) is 1. The second kappa shape index (κ2) is 5.40. The Balaban J connectivity index is 1.82. The molecule has 114 valence electrons. The molecule has 0 radical (unpaired) electrons. The maximum Gasteiger partial charge on any atom is 0.329 e. The third-order valence-electron chi connectivity index (χ3n) is 3.18. The van der Waals surface area contributed by atoms with Gasteiger partial charge in [0.15, 0.2) is 11.5 Å². The molecule has 0 spiro atoms. The van der Waals surface area contributed by atoms with E-state index < -0.39 is 24.5 Å². The van der Waals surface area contributed by atoms with E-state index in [-0.39, 0.29) is 12.5 Å². The van der Waals surface area contributed by atoms with E-state index >= 15 is 0 Å². The van der Waals surface area contributed by atoms with Gasteiger partial charge in [-0.1, -0.05) is 6.07 Å². The molecule has 8 nitrogen and oxygen atoms in total. The van der Waals surface area contributed by atoms with E-state index in [0.717, 1.165) is 4.90 Å². The van der Waals surface area contributed by atoms with Gasteiger partial charge in [-0.2, -0.15) is 0 Å². The van der Waals surface area contributed by atoms with Crippen LogP contribution >= 0.6 is 0 Å². The van der Waals surface area contributed by atoms with E-state index in [9.17, 15) is 14.4 Å². The first-order chi connectivity index (χ1) is 10.6. The zero-order valence-electron chi connectivity index (χ0n) is 11.6. The van der Waals surface area contributed by atoms with Crippen LogP contribution in [0.1, 0.15) is 5.56 Å². The topological polar surface area (TPSA) is 94.2 Å². The number of urea groups is 1. The SMILES string of the molecule is COC(=O)CN1C(=O)N/C(=C/c2ccc3c(c2)OCO3)C1=O. The lowest BCUT2D eigenvalue weighted by Crippen LogP contribution is -2.36. The lowest BCUT2D eigenvalue weighted by molar-refractivity contribution is -0.143. The van der Waals surface area contributed by atoms with Crippen molar-refractivity contribution in [3.8, 4) is 11.5 Å². The van der Waals surface area contributed by atoms with Crippen molar-refractivity contribution in [3.05, 3.63) is 29.5 Å². The lowest BCUT2D eigenvalue weighted by atomic mass is 10.1. The maximum atomic E-state index is 12.1. The Morgan fingerprint density at radius 3 is 2.91 bits per heavy atom. The van der Waals surface area contributed by atoms with Crippen LogP contribution in [0.25, 0.3) is 6.08 Å². The average Bonchev–Trinajstić information content (AvgIpc) is 3.07. The molecule has 1 N–H and O–H groups in total. The van der Waals surface area contributed by atoms with Crippen molar-refractivity contribution in [1.82, 2.24) is 10.2 Å². The molecule has 8 heteroatoms. The van der Waals surface area contributed by atoms with Gasteiger partial charge >= 0.3 is 12.0 Å². The molecule has 22 heavy (non-hydrogen) atoms. The number of carbonyl (C=O) groups is 3. The molecule has 0 bridgehead atoms. The average molecular weight is 304 g/mol. The Labute approximate surface area is 125 Å². The Kier molecular flexibility index (Phi) is 3.42. The fraction of sp³-hybridized carbons (Fsp3) is 0.214. The van der Waals surface area contributed by atoms with Crippen LogP contribution in [0.5, 0.6) is 11.5 Å². The summed E-state index contributed by atoms with van der Waals surface area (Å²) in [5, 5.41) is 2.42. The molecule has 1 saturated heterocycles. The van der Waals surface area contributed by atoms with Crippen LogP contribution in [0.2, 0.25) is 0 Å². The van der Waals surface area contributed by atoms with Gasteiger partial charge in [-0.05, 0) is 23.8 Å². The summed E-state index contributed by atoms with van der Waals surface area (Å²) in [5.74, 6) is -0.0744. The van der Waals surface area contributed by atoms with Crippen molar-refractivity contribution in [1.29, 1.82) is 0 Å². The summed E-state index contributed by atoms with van der Waals surface area (Å²) in [5.41, 5.74) is 0.737. The maximum absolute atomic E-state index is 12.1. The van der Waals surface area contributed by atoms with Gasteiger partial charge in [0.05, 0.1) is 7.11 Å². The van der Waals surface area contributed by atoms with Crippen LogP contribution in [-0.4, -0.2) is 43.3 Å². The first kappa shape index (κ1) is 13.9. The van der Waals surface area contributed by atoms with Gasteiger partial charge in [0.2, 0.25) is 6.79 Å². The number of nitrogens with one attached hydrogen (secondary N) is 1. The van der Waals surface area contributed by atoms with Crippen LogP contribution in [0.3, 0.4) is 0 Å². The van der Waals surface area contributed by atoms with Gasteiger partial charge in [-0.25, -0.2) is 9.69 Å². The molecule has 1 aromatic rings. The molecular weight excluding hydrogens is 292 g/mol. The third-order valence-corrected chi connectivity index (χ3v) is 3.18. The minimum atomic E-state index is -0.673. The van der Waals surface area contributed by atoms with Crippen LogP contribution in [0.4, 0.5) is 4.79 Å². The highest BCUT2D eigenvalue weighted by molar-refractivity contribution is 6.15. The molecule has 0 atom stereocenters.